The van der Waals surface area contributed by atoms with Crippen molar-refractivity contribution in [2.45, 2.75) is 38.8 Å². The predicted octanol–water partition coefficient (Wildman–Crippen LogP) is 1.11. The quantitative estimate of drug-likeness (QED) is 0.740. The van der Waals surface area contributed by atoms with Gasteiger partial charge in [-0.05, 0) is 18.9 Å². The van der Waals surface area contributed by atoms with Crippen molar-refractivity contribution >= 4 is 6.03 Å². The average Bonchev–Trinajstić information content (AvgIpc) is 3.18. The van der Waals surface area contributed by atoms with Crippen LogP contribution in [0.2, 0.25) is 0 Å². The maximum absolute atomic E-state index is 11.8. The highest BCUT2D eigenvalue weighted by Crippen LogP contribution is 2.14. The van der Waals surface area contributed by atoms with Gasteiger partial charge in [0.15, 0.2) is 0 Å². The number of hydrogen-bond donors (Lipinski definition) is 3. The zero-order valence-corrected chi connectivity index (χ0v) is 13.8. The molecule has 3 rings (SSSR count). The summed E-state index contributed by atoms with van der Waals surface area (Å²) in [5, 5.41) is 23.9. The lowest BCUT2D eigenvalue weighted by atomic mass is 10.1. The van der Waals surface area contributed by atoms with Gasteiger partial charge in [-0.25, -0.2) is 4.79 Å². The van der Waals surface area contributed by atoms with Crippen LogP contribution in [0.4, 0.5) is 4.79 Å². The molecule has 0 saturated carbocycles. The largest absolute Gasteiger partial charge is 0.387 e. The SMILES string of the molecule is Cc1ccc(C(O)CNC(=O)NCCc2nnc3n2CCC3)cc1. The number of aliphatic hydroxyl groups is 1. The molecule has 1 aliphatic rings. The first-order valence-electron chi connectivity index (χ1n) is 8.31. The Hall–Kier alpha value is -2.41. The fourth-order valence-electron chi connectivity index (χ4n) is 2.84. The summed E-state index contributed by atoms with van der Waals surface area (Å²) >= 11 is 0. The Labute approximate surface area is 141 Å². The molecule has 1 aromatic carbocycles. The van der Waals surface area contributed by atoms with Crippen LogP contribution in [0, 0.1) is 6.92 Å². The van der Waals surface area contributed by atoms with Crippen LogP contribution >= 0.6 is 0 Å². The third-order valence-electron chi connectivity index (χ3n) is 4.24. The highest BCUT2D eigenvalue weighted by molar-refractivity contribution is 5.73. The number of urea groups is 1. The van der Waals surface area contributed by atoms with Gasteiger partial charge in [0.1, 0.15) is 11.6 Å². The minimum Gasteiger partial charge on any atom is -0.387 e. The number of aryl methyl sites for hydroxylation is 2. The molecule has 1 aromatic heterocycles. The van der Waals surface area contributed by atoms with E-state index in [0.29, 0.717) is 13.0 Å². The summed E-state index contributed by atoms with van der Waals surface area (Å²) in [5.74, 6) is 1.96. The molecule has 2 heterocycles. The van der Waals surface area contributed by atoms with Gasteiger partial charge in [0, 0.05) is 32.5 Å². The topological polar surface area (TPSA) is 92.1 Å². The lowest BCUT2D eigenvalue weighted by Gasteiger charge is -2.13. The molecule has 24 heavy (non-hydrogen) atoms. The standard InChI is InChI=1S/C17H23N5O2/c1-12-4-6-13(7-5-12)14(23)11-19-17(24)18-9-8-16-21-20-15-3-2-10-22(15)16/h4-7,14,23H,2-3,8-11H2,1H3,(H2,18,19,24). The van der Waals surface area contributed by atoms with E-state index in [-0.39, 0.29) is 12.6 Å². The molecule has 2 amide bonds. The minimum absolute atomic E-state index is 0.176. The van der Waals surface area contributed by atoms with Gasteiger partial charge in [-0.3, -0.25) is 0 Å². The van der Waals surface area contributed by atoms with Crippen molar-refractivity contribution in [3.05, 3.63) is 47.0 Å². The van der Waals surface area contributed by atoms with Crippen molar-refractivity contribution in [3.8, 4) is 0 Å². The Morgan fingerprint density at radius 1 is 1.29 bits per heavy atom. The van der Waals surface area contributed by atoms with E-state index in [2.05, 4.69) is 25.4 Å². The number of carbonyl (C=O) groups is 1. The molecule has 7 nitrogen and oxygen atoms in total. The summed E-state index contributed by atoms with van der Waals surface area (Å²) in [6, 6.07) is 7.32. The first-order valence-corrected chi connectivity index (χ1v) is 8.31. The predicted molar refractivity (Wildman–Crippen MR) is 89.6 cm³/mol. The van der Waals surface area contributed by atoms with Gasteiger partial charge in [0.05, 0.1) is 6.10 Å². The second-order valence-electron chi connectivity index (χ2n) is 6.10. The molecule has 1 atom stereocenters. The number of nitrogens with zero attached hydrogens (tertiary/aromatic N) is 3. The van der Waals surface area contributed by atoms with Gasteiger partial charge in [-0.15, -0.1) is 10.2 Å². The van der Waals surface area contributed by atoms with Crippen molar-refractivity contribution in [1.29, 1.82) is 0 Å². The molecular weight excluding hydrogens is 306 g/mol. The lowest BCUT2D eigenvalue weighted by Crippen LogP contribution is -2.38. The molecule has 0 spiro atoms. The molecular formula is C17H23N5O2. The van der Waals surface area contributed by atoms with Crippen LogP contribution < -0.4 is 10.6 Å². The second kappa shape index (κ2) is 7.44. The number of benzene rings is 1. The number of carbonyl (C=O) groups excluding carboxylic acids is 1. The normalized spacial score (nSPS) is 14.2. The highest BCUT2D eigenvalue weighted by atomic mass is 16.3. The third-order valence-corrected chi connectivity index (χ3v) is 4.24. The van der Waals surface area contributed by atoms with E-state index in [4.69, 9.17) is 0 Å². The molecule has 0 saturated heterocycles. The third kappa shape index (κ3) is 3.91. The fraction of sp³-hybridized carbons (Fsp3) is 0.471. The summed E-state index contributed by atoms with van der Waals surface area (Å²) in [6.45, 7) is 3.62. The summed E-state index contributed by atoms with van der Waals surface area (Å²) < 4.78 is 2.13. The lowest BCUT2D eigenvalue weighted by molar-refractivity contribution is 0.173. The van der Waals surface area contributed by atoms with Gasteiger partial charge in [-0.2, -0.15) is 0 Å². The van der Waals surface area contributed by atoms with Gasteiger partial charge in [-0.1, -0.05) is 29.8 Å². The number of hydrogen-bond acceptors (Lipinski definition) is 4. The van der Waals surface area contributed by atoms with E-state index in [1.54, 1.807) is 0 Å². The minimum atomic E-state index is -0.712. The zero-order chi connectivity index (χ0) is 16.9. The zero-order valence-electron chi connectivity index (χ0n) is 13.8. The molecule has 0 bridgehead atoms. The Bertz CT molecular complexity index is 696. The molecule has 7 heteroatoms. The monoisotopic (exact) mass is 329 g/mol. The van der Waals surface area contributed by atoms with E-state index < -0.39 is 6.10 Å². The number of amides is 2. The van der Waals surface area contributed by atoms with Gasteiger partial charge in [0.2, 0.25) is 0 Å². The Kier molecular flexibility index (Phi) is 5.10. The maximum atomic E-state index is 11.8. The molecule has 0 fully saturated rings. The Morgan fingerprint density at radius 3 is 2.88 bits per heavy atom. The summed E-state index contributed by atoms with van der Waals surface area (Å²) in [4.78, 5) is 11.8. The fourth-order valence-corrected chi connectivity index (χ4v) is 2.84. The molecule has 0 aliphatic carbocycles. The summed E-state index contributed by atoms with van der Waals surface area (Å²) in [5.41, 5.74) is 1.93. The van der Waals surface area contributed by atoms with E-state index in [0.717, 1.165) is 42.2 Å². The second-order valence-corrected chi connectivity index (χ2v) is 6.10. The number of rotatable bonds is 6. The molecule has 3 N–H and O–H groups in total. The van der Waals surface area contributed by atoms with E-state index in [9.17, 15) is 9.90 Å². The van der Waals surface area contributed by atoms with Crippen LogP contribution in [0.1, 0.15) is 35.3 Å². The molecule has 1 unspecified atom stereocenters. The van der Waals surface area contributed by atoms with Crippen molar-refractivity contribution < 1.29 is 9.90 Å². The molecule has 1 aliphatic heterocycles. The number of aromatic nitrogens is 3. The van der Waals surface area contributed by atoms with Crippen LogP contribution in [0.25, 0.3) is 0 Å². The Morgan fingerprint density at radius 2 is 2.08 bits per heavy atom. The van der Waals surface area contributed by atoms with Crippen molar-refractivity contribution in [2.75, 3.05) is 13.1 Å². The van der Waals surface area contributed by atoms with Gasteiger partial charge < -0.3 is 20.3 Å². The first-order chi connectivity index (χ1) is 11.6. The molecule has 2 aromatic rings. The molecule has 0 radical (unpaired) electrons. The Balaban J connectivity index is 1.38. The van der Waals surface area contributed by atoms with E-state index in [1.807, 2.05) is 31.2 Å². The molecule has 128 valence electrons. The van der Waals surface area contributed by atoms with E-state index in [1.165, 1.54) is 0 Å². The average molecular weight is 329 g/mol. The van der Waals surface area contributed by atoms with E-state index >= 15 is 0 Å². The van der Waals surface area contributed by atoms with Crippen LogP contribution in [0.5, 0.6) is 0 Å². The summed E-state index contributed by atoms with van der Waals surface area (Å²) in [7, 11) is 0. The van der Waals surface area contributed by atoms with Crippen LogP contribution in [-0.2, 0) is 19.4 Å². The van der Waals surface area contributed by atoms with Gasteiger partial charge >= 0.3 is 6.03 Å². The number of aliphatic hydroxyl groups excluding tert-OH is 1. The smallest absolute Gasteiger partial charge is 0.314 e. The highest BCUT2D eigenvalue weighted by Gasteiger charge is 2.17. The number of fused-ring (bicyclic) bond motifs is 1. The number of nitrogens with one attached hydrogen (secondary N) is 2. The van der Waals surface area contributed by atoms with Crippen LogP contribution in [-0.4, -0.2) is 39.0 Å². The van der Waals surface area contributed by atoms with Crippen LogP contribution in [0.3, 0.4) is 0 Å². The maximum Gasteiger partial charge on any atom is 0.314 e. The van der Waals surface area contributed by atoms with Crippen molar-refractivity contribution in [1.82, 2.24) is 25.4 Å². The first kappa shape index (κ1) is 16.4. The van der Waals surface area contributed by atoms with Crippen molar-refractivity contribution in [3.63, 3.8) is 0 Å². The van der Waals surface area contributed by atoms with Crippen molar-refractivity contribution in [2.24, 2.45) is 0 Å². The van der Waals surface area contributed by atoms with Gasteiger partial charge in [0.25, 0.3) is 0 Å². The summed E-state index contributed by atoms with van der Waals surface area (Å²) in [6.07, 6.45) is 2.04. The van der Waals surface area contributed by atoms with Crippen LogP contribution in [0.15, 0.2) is 24.3 Å².